The Morgan fingerprint density at radius 3 is 2.81 bits per heavy atom. The van der Waals surface area contributed by atoms with E-state index >= 15 is 0 Å². The smallest absolute Gasteiger partial charge is 0.275 e. The zero-order valence-corrected chi connectivity index (χ0v) is 17.3. The van der Waals surface area contributed by atoms with Gasteiger partial charge in [0.15, 0.2) is 0 Å². The van der Waals surface area contributed by atoms with E-state index in [1.54, 1.807) is 17.8 Å². The Balaban J connectivity index is 1.40. The highest BCUT2D eigenvalue weighted by molar-refractivity contribution is 5.75. The molecule has 5 rings (SSSR count). The Morgan fingerprint density at radius 2 is 2.10 bits per heavy atom. The zero-order chi connectivity index (χ0) is 21.8. The standard InChI is InChI=1S/C21H23F2N7O/c1-13-17(14-5-18(31-2)20-15(6-24)7-26-29(20)9-14)8-27-30(13)16-10-28(11-16)19-3-4-25-12-21(19,22)23/h5,7-9,16,19,25H,3-4,10-12H2,1-2H3. The van der Waals surface area contributed by atoms with Gasteiger partial charge in [0.1, 0.15) is 22.9 Å². The monoisotopic (exact) mass is 427 g/mol. The fourth-order valence-corrected chi connectivity index (χ4v) is 4.71. The first kappa shape index (κ1) is 19.9. The largest absolute Gasteiger partial charge is 0.494 e. The Bertz CT molecular complexity index is 1170. The maximum absolute atomic E-state index is 14.2. The van der Waals surface area contributed by atoms with Gasteiger partial charge in [-0.25, -0.2) is 13.3 Å². The second-order valence-electron chi connectivity index (χ2n) is 8.20. The Labute approximate surface area is 178 Å². The van der Waals surface area contributed by atoms with Gasteiger partial charge in [-0.3, -0.25) is 9.58 Å². The predicted molar refractivity (Wildman–Crippen MR) is 109 cm³/mol. The molecule has 2 aliphatic rings. The number of methoxy groups -OCH3 is 1. The fraction of sp³-hybridized carbons (Fsp3) is 0.476. The third kappa shape index (κ3) is 3.16. The molecule has 0 bridgehead atoms. The molecule has 5 heterocycles. The van der Waals surface area contributed by atoms with Crippen molar-refractivity contribution in [2.24, 2.45) is 0 Å². The summed E-state index contributed by atoms with van der Waals surface area (Å²) in [6, 6.07) is 3.36. The molecule has 162 valence electrons. The summed E-state index contributed by atoms with van der Waals surface area (Å²) in [4.78, 5) is 1.87. The van der Waals surface area contributed by atoms with Crippen LogP contribution in [0.3, 0.4) is 0 Å². The van der Waals surface area contributed by atoms with Gasteiger partial charge in [-0.2, -0.15) is 15.5 Å². The first-order chi connectivity index (χ1) is 14.9. The quantitative estimate of drug-likeness (QED) is 0.688. The van der Waals surface area contributed by atoms with E-state index in [9.17, 15) is 14.0 Å². The molecule has 0 aliphatic carbocycles. The van der Waals surface area contributed by atoms with E-state index in [1.807, 2.05) is 28.8 Å². The molecule has 3 aromatic rings. The van der Waals surface area contributed by atoms with E-state index in [-0.39, 0.29) is 12.6 Å². The van der Waals surface area contributed by atoms with Gasteiger partial charge in [0.2, 0.25) is 0 Å². The first-order valence-electron chi connectivity index (χ1n) is 10.3. The lowest BCUT2D eigenvalue weighted by atomic mass is 9.95. The molecule has 2 fully saturated rings. The van der Waals surface area contributed by atoms with Crippen molar-refractivity contribution >= 4 is 5.52 Å². The van der Waals surface area contributed by atoms with Crippen LogP contribution in [0, 0.1) is 18.3 Å². The second-order valence-corrected chi connectivity index (χ2v) is 8.20. The summed E-state index contributed by atoms with van der Waals surface area (Å²) >= 11 is 0. The average Bonchev–Trinajstić information content (AvgIpc) is 3.31. The van der Waals surface area contributed by atoms with Crippen LogP contribution in [-0.4, -0.2) is 69.5 Å². The van der Waals surface area contributed by atoms with Gasteiger partial charge in [-0.1, -0.05) is 0 Å². The Kier molecular flexibility index (Phi) is 4.68. The van der Waals surface area contributed by atoms with Crippen molar-refractivity contribution in [1.82, 2.24) is 29.6 Å². The molecule has 0 saturated carbocycles. The summed E-state index contributed by atoms with van der Waals surface area (Å²) < 4.78 is 37.5. The number of nitrogens with zero attached hydrogens (tertiary/aromatic N) is 6. The minimum atomic E-state index is -2.70. The van der Waals surface area contributed by atoms with E-state index in [0.717, 1.165) is 16.8 Å². The molecule has 3 aromatic heterocycles. The van der Waals surface area contributed by atoms with Crippen molar-refractivity contribution in [2.45, 2.75) is 31.4 Å². The van der Waals surface area contributed by atoms with E-state index in [0.29, 0.717) is 42.9 Å². The number of piperidine rings is 1. The number of pyridine rings is 1. The Hall–Kier alpha value is -3.03. The van der Waals surface area contributed by atoms with Crippen LogP contribution in [0.25, 0.3) is 16.6 Å². The summed E-state index contributed by atoms with van der Waals surface area (Å²) in [6.45, 7) is 3.47. The number of nitrogens with one attached hydrogen (secondary N) is 1. The molecule has 10 heteroatoms. The zero-order valence-electron chi connectivity index (χ0n) is 17.3. The van der Waals surface area contributed by atoms with Crippen LogP contribution in [0.2, 0.25) is 0 Å². The van der Waals surface area contributed by atoms with Crippen LogP contribution in [0.5, 0.6) is 5.75 Å². The second kappa shape index (κ2) is 7.28. The van der Waals surface area contributed by atoms with Crippen LogP contribution in [-0.2, 0) is 0 Å². The van der Waals surface area contributed by atoms with Crippen molar-refractivity contribution < 1.29 is 13.5 Å². The number of aromatic nitrogens is 4. The van der Waals surface area contributed by atoms with E-state index in [4.69, 9.17) is 4.74 Å². The van der Waals surface area contributed by atoms with Crippen molar-refractivity contribution in [3.8, 4) is 22.9 Å². The summed E-state index contributed by atoms with van der Waals surface area (Å²) in [5.74, 6) is -2.15. The molecule has 0 radical (unpaired) electrons. The van der Waals surface area contributed by atoms with Crippen molar-refractivity contribution in [3.05, 3.63) is 35.9 Å². The topological polar surface area (TPSA) is 83.4 Å². The third-order valence-electron chi connectivity index (χ3n) is 6.39. The number of hydrogen-bond acceptors (Lipinski definition) is 6. The molecular weight excluding hydrogens is 404 g/mol. The minimum Gasteiger partial charge on any atom is -0.494 e. The fourth-order valence-electron chi connectivity index (χ4n) is 4.71. The predicted octanol–water partition coefficient (Wildman–Crippen LogP) is 2.24. The lowest BCUT2D eigenvalue weighted by molar-refractivity contribution is -0.122. The van der Waals surface area contributed by atoms with Crippen LogP contribution in [0.1, 0.15) is 23.7 Å². The van der Waals surface area contributed by atoms with Crippen molar-refractivity contribution in [3.63, 3.8) is 0 Å². The first-order valence-corrected chi connectivity index (χ1v) is 10.3. The van der Waals surface area contributed by atoms with Crippen LogP contribution >= 0.6 is 0 Å². The highest BCUT2D eigenvalue weighted by Gasteiger charge is 2.48. The van der Waals surface area contributed by atoms with Gasteiger partial charge in [0.05, 0.1) is 38.1 Å². The van der Waals surface area contributed by atoms with Gasteiger partial charge in [0, 0.05) is 36.1 Å². The lowest BCUT2D eigenvalue weighted by Gasteiger charge is -2.48. The number of rotatable bonds is 4. The van der Waals surface area contributed by atoms with E-state index in [2.05, 4.69) is 21.6 Å². The summed E-state index contributed by atoms with van der Waals surface area (Å²) in [5.41, 5.74) is 3.80. The summed E-state index contributed by atoms with van der Waals surface area (Å²) in [7, 11) is 1.56. The molecule has 2 saturated heterocycles. The van der Waals surface area contributed by atoms with Gasteiger partial charge >= 0.3 is 0 Å². The van der Waals surface area contributed by atoms with Crippen LogP contribution in [0.15, 0.2) is 24.7 Å². The lowest BCUT2D eigenvalue weighted by Crippen LogP contribution is -2.63. The normalized spacial score (nSPS) is 21.7. The average molecular weight is 427 g/mol. The number of likely N-dealkylation sites (tertiary alicyclic amines) is 1. The molecule has 1 unspecified atom stereocenters. The molecule has 0 spiro atoms. The van der Waals surface area contributed by atoms with E-state index in [1.165, 1.54) is 6.20 Å². The Morgan fingerprint density at radius 1 is 1.29 bits per heavy atom. The summed E-state index contributed by atoms with van der Waals surface area (Å²) in [5, 5.41) is 20.9. The molecule has 1 atom stereocenters. The van der Waals surface area contributed by atoms with Crippen LogP contribution in [0.4, 0.5) is 8.78 Å². The maximum Gasteiger partial charge on any atom is 0.275 e. The highest BCUT2D eigenvalue weighted by atomic mass is 19.3. The number of nitriles is 1. The molecule has 1 N–H and O–H groups in total. The highest BCUT2D eigenvalue weighted by Crippen LogP contribution is 2.36. The molecule has 2 aliphatic heterocycles. The summed E-state index contributed by atoms with van der Waals surface area (Å²) in [6.07, 6.45) is 5.59. The number of alkyl halides is 2. The van der Waals surface area contributed by atoms with Crippen molar-refractivity contribution in [2.75, 3.05) is 33.3 Å². The van der Waals surface area contributed by atoms with Gasteiger partial charge in [-0.15, -0.1) is 0 Å². The van der Waals surface area contributed by atoms with Crippen LogP contribution < -0.4 is 10.1 Å². The molecule has 0 amide bonds. The SMILES string of the molecule is COc1cc(-c2cnn(C3CN(C4CCNCC4(F)F)C3)c2C)cn2ncc(C#N)c12. The number of hydrogen-bond donors (Lipinski definition) is 1. The minimum absolute atomic E-state index is 0.0694. The van der Waals surface area contributed by atoms with Gasteiger partial charge in [0.25, 0.3) is 5.92 Å². The number of ether oxygens (including phenoxy) is 1. The third-order valence-corrected chi connectivity index (χ3v) is 6.39. The maximum atomic E-state index is 14.2. The van der Waals surface area contributed by atoms with Gasteiger partial charge in [-0.05, 0) is 26.0 Å². The van der Waals surface area contributed by atoms with Gasteiger partial charge < -0.3 is 10.1 Å². The number of fused-ring (bicyclic) bond motifs is 1. The van der Waals surface area contributed by atoms with Crippen molar-refractivity contribution in [1.29, 1.82) is 5.26 Å². The molecular formula is C21H23F2N7O. The molecule has 8 nitrogen and oxygen atoms in total. The number of halogens is 2. The molecule has 0 aromatic carbocycles. The van der Waals surface area contributed by atoms with E-state index < -0.39 is 12.0 Å². The molecule has 31 heavy (non-hydrogen) atoms.